The first-order valence-corrected chi connectivity index (χ1v) is 7.67. The number of hydrogen-bond acceptors (Lipinski definition) is 4. The van der Waals surface area contributed by atoms with Crippen LogP contribution in [0.4, 0.5) is 0 Å². The van der Waals surface area contributed by atoms with Crippen molar-refractivity contribution in [2.45, 2.75) is 24.6 Å². The molecule has 0 spiro atoms. The van der Waals surface area contributed by atoms with Gasteiger partial charge >= 0.3 is 0 Å². The second-order valence-corrected chi connectivity index (χ2v) is 5.96. The van der Waals surface area contributed by atoms with Crippen LogP contribution < -0.4 is 0 Å². The minimum atomic E-state index is -0.0780. The summed E-state index contributed by atoms with van der Waals surface area (Å²) >= 11 is 7.33. The Balaban J connectivity index is 2.24. The Morgan fingerprint density at radius 3 is 2.62 bits per heavy atom. The van der Waals surface area contributed by atoms with Gasteiger partial charge in [-0.2, -0.15) is 5.26 Å². The number of thioether (sulfide) groups is 1. The quantitative estimate of drug-likeness (QED) is 0.619. The molecule has 3 nitrogen and oxygen atoms in total. The number of rotatable bonds is 4. The molecule has 1 aromatic carbocycles. The van der Waals surface area contributed by atoms with E-state index < -0.39 is 0 Å². The number of aromatic nitrogens is 1. The monoisotopic (exact) mass is 316 g/mol. The fraction of sp³-hybridized carbons (Fsp3) is 0.188. The third kappa shape index (κ3) is 3.84. The summed E-state index contributed by atoms with van der Waals surface area (Å²) in [6.45, 7) is 3.26. The van der Waals surface area contributed by atoms with Crippen molar-refractivity contribution in [1.82, 2.24) is 4.98 Å². The summed E-state index contributed by atoms with van der Waals surface area (Å²) in [4.78, 5) is 15.9. The number of nitriles is 1. The lowest BCUT2D eigenvalue weighted by atomic mass is 10.1. The SMILES string of the molecule is CC(=O)c1cc(C#N)c(SCc2ccc(Cl)cc2)nc1C. The van der Waals surface area contributed by atoms with Crippen molar-refractivity contribution in [2.24, 2.45) is 0 Å². The van der Waals surface area contributed by atoms with E-state index >= 15 is 0 Å². The summed E-state index contributed by atoms with van der Waals surface area (Å²) in [5.41, 5.74) is 2.69. The molecule has 0 aliphatic rings. The molecule has 21 heavy (non-hydrogen) atoms. The van der Waals surface area contributed by atoms with Gasteiger partial charge in [-0.3, -0.25) is 4.79 Å². The molecular formula is C16H13ClN2OS. The van der Waals surface area contributed by atoms with Crippen LogP contribution in [0.2, 0.25) is 5.02 Å². The minimum Gasteiger partial charge on any atom is -0.294 e. The number of halogens is 1. The van der Waals surface area contributed by atoms with E-state index in [1.807, 2.05) is 24.3 Å². The number of Topliss-reactive ketones (excluding diaryl/α,β-unsaturated/α-hetero) is 1. The highest BCUT2D eigenvalue weighted by molar-refractivity contribution is 7.98. The Bertz CT molecular complexity index is 720. The van der Waals surface area contributed by atoms with Gasteiger partial charge in [0.2, 0.25) is 0 Å². The number of nitrogens with zero attached hydrogens (tertiary/aromatic N) is 2. The van der Waals surface area contributed by atoms with E-state index in [1.54, 1.807) is 13.0 Å². The van der Waals surface area contributed by atoms with Crippen molar-refractivity contribution < 1.29 is 4.79 Å². The first-order chi connectivity index (χ1) is 10.0. The molecule has 1 heterocycles. The predicted octanol–water partition coefficient (Wildman–Crippen LogP) is 4.41. The van der Waals surface area contributed by atoms with Gasteiger partial charge in [-0.1, -0.05) is 23.7 Å². The summed E-state index contributed by atoms with van der Waals surface area (Å²) in [5, 5.41) is 10.6. The Morgan fingerprint density at radius 1 is 1.38 bits per heavy atom. The predicted molar refractivity (Wildman–Crippen MR) is 84.7 cm³/mol. The fourth-order valence-electron chi connectivity index (χ4n) is 1.86. The molecule has 0 N–H and O–H groups in total. The maximum absolute atomic E-state index is 11.5. The highest BCUT2D eigenvalue weighted by Crippen LogP contribution is 2.26. The van der Waals surface area contributed by atoms with Crippen LogP contribution in [0.3, 0.4) is 0 Å². The first-order valence-electron chi connectivity index (χ1n) is 6.31. The minimum absolute atomic E-state index is 0.0780. The second kappa shape index (κ2) is 6.75. The van der Waals surface area contributed by atoms with E-state index in [9.17, 15) is 10.1 Å². The third-order valence-electron chi connectivity index (χ3n) is 2.97. The van der Waals surface area contributed by atoms with E-state index in [0.717, 1.165) is 5.56 Å². The molecule has 106 valence electrons. The standard InChI is InChI=1S/C16H13ClN2OS/c1-10-15(11(2)20)7-13(8-18)16(19-10)21-9-12-3-5-14(17)6-4-12/h3-7H,9H2,1-2H3. The first kappa shape index (κ1) is 15.6. The number of carbonyl (C=O) groups excluding carboxylic acids is 1. The smallest absolute Gasteiger partial charge is 0.161 e. The van der Waals surface area contributed by atoms with Crippen molar-refractivity contribution in [1.29, 1.82) is 5.26 Å². The number of pyridine rings is 1. The largest absolute Gasteiger partial charge is 0.294 e. The molecular weight excluding hydrogens is 304 g/mol. The molecule has 0 aliphatic heterocycles. The number of benzene rings is 1. The second-order valence-electron chi connectivity index (χ2n) is 4.56. The van der Waals surface area contributed by atoms with Crippen molar-refractivity contribution >= 4 is 29.1 Å². The molecule has 5 heteroatoms. The average Bonchev–Trinajstić information content (AvgIpc) is 2.46. The molecule has 0 atom stereocenters. The Hall–Kier alpha value is -1.83. The van der Waals surface area contributed by atoms with Crippen LogP contribution in [0.5, 0.6) is 0 Å². The van der Waals surface area contributed by atoms with Crippen molar-refractivity contribution in [3.8, 4) is 6.07 Å². The van der Waals surface area contributed by atoms with Crippen molar-refractivity contribution in [3.63, 3.8) is 0 Å². The van der Waals surface area contributed by atoms with Crippen LogP contribution in [0.15, 0.2) is 35.4 Å². The van der Waals surface area contributed by atoms with Crippen molar-refractivity contribution in [3.05, 3.63) is 57.7 Å². The van der Waals surface area contributed by atoms with Crippen LogP contribution in [0.1, 0.15) is 34.1 Å². The molecule has 0 unspecified atom stereocenters. The highest BCUT2D eigenvalue weighted by atomic mass is 35.5. The maximum atomic E-state index is 11.5. The molecule has 0 aliphatic carbocycles. The summed E-state index contributed by atoms with van der Waals surface area (Å²) in [6.07, 6.45) is 0. The highest BCUT2D eigenvalue weighted by Gasteiger charge is 2.12. The normalized spacial score (nSPS) is 10.2. The Kier molecular flexibility index (Phi) is 5.00. The molecule has 2 aromatic rings. The van der Waals surface area contributed by atoms with E-state index in [1.165, 1.54) is 18.7 Å². The Labute approximate surface area is 133 Å². The van der Waals surface area contributed by atoms with Crippen LogP contribution in [-0.4, -0.2) is 10.8 Å². The maximum Gasteiger partial charge on any atom is 0.161 e. The van der Waals surface area contributed by atoms with Gasteiger partial charge in [-0.05, 0) is 37.6 Å². The lowest BCUT2D eigenvalue weighted by Gasteiger charge is -2.08. The van der Waals surface area contributed by atoms with Gasteiger partial charge in [-0.15, -0.1) is 11.8 Å². The summed E-state index contributed by atoms with van der Waals surface area (Å²) in [7, 11) is 0. The molecule has 0 fully saturated rings. The summed E-state index contributed by atoms with van der Waals surface area (Å²) in [5.74, 6) is 0.614. The van der Waals surface area contributed by atoms with E-state index in [4.69, 9.17) is 11.6 Å². The van der Waals surface area contributed by atoms with Gasteiger partial charge in [0.15, 0.2) is 5.78 Å². The summed E-state index contributed by atoms with van der Waals surface area (Å²) in [6, 6.07) is 11.3. The molecule has 0 amide bonds. The zero-order valence-corrected chi connectivity index (χ0v) is 13.3. The molecule has 0 saturated heterocycles. The molecule has 0 bridgehead atoms. The van der Waals surface area contributed by atoms with Gasteiger partial charge in [0.05, 0.1) is 5.56 Å². The summed E-state index contributed by atoms with van der Waals surface area (Å²) < 4.78 is 0. The zero-order valence-electron chi connectivity index (χ0n) is 11.7. The molecule has 0 radical (unpaired) electrons. The average molecular weight is 317 g/mol. The van der Waals surface area contributed by atoms with E-state index in [-0.39, 0.29) is 5.78 Å². The van der Waals surface area contributed by atoms with Gasteiger partial charge in [0.1, 0.15) is 11.1 Å². The van der Waals surface area contributed by atoms with Gasteiger partial charge in [-0.25, -0.2) is 4.98 Å². The topological polar surface area (TPSA) is 53.8 Å². The van der Waals surface area contributed by atoms with Crippen LogP contribution in [0, 0.1) is 18.3 Å². The third-order valence-corrected chi connectivity index (χ3v) is 4.28. The Morgan fingerprint density at radius 2 is 2.05 bits per heavy atom. The fourth-order valence-corrected chi connectivity index (χ4v) is 2.95. The van der Waals surface area contributed by atoms with Gasteiger partial charge in [0, 0.05) is 22.0 Å². The molecule has 2 rings (SSSR count). The lowest BCUT2D eigenvalue weighted by Crippen LogP contribution is -2.02. The number of carbonyl (C=O) groups is 1. The molecule has 1 aromatic heterocycles. The van der Waals surface area contributed by atoms with Gasteiger partial charge < -0.3 is 0 Å². The zero-order chi connectivity index (χ0) is 15.4. The van der Waals surface area contributed by atoms with Crippen molar-refractivity contribution in [2.75, 3.05) is 0 Å². The van der Waals surface area contributed by atoms with E-state index in [0.29, 0.717) is 32.6 Å². The lowest BCUT2D eigenvalue weighted by molar-refractivity contribution is 0.101. The van der Waals surface area contributed by atoms with E-state index in [2.05, 4.69) is 11.1 Å². The van der Waals surface area contributed by atoms with Crippen LogP contribution in [0.25, 0.3) is 0 Å². The van der Waals surface area contributed by atoms with Gasteiger partial charge in [0.25, 0.3) is 0 Å². The number of aryl methyl sites for hydroxylation is 1. The number of hydrogen-bond donors (Lipinski definition) is 0. The molecule has 0 saturated carbocycles. The number of ketones is 1. The van der Waals surface area contributed by atoms with Crippen LogP contribution in [-0.2, 0) is 5.75 Å². The van der Waals surface area contributed by atoms with Crippen LogP contribution >= 0.6 is 23.4 Å².